The van der Waals surface area contributed by atoms with Crippen molar-refractivity contribution in [2.75, 3.05) is 17.1 Å². The summed E-state index contributed by atoms with van der Waals surface area (Å²) in [5.41, 5.74) is 4.23. The molecule has 3 aromatic rings. The summed E-state index contributed by atoms with van der Waals surface area (Å²) in [5, 5.41) is 3.60. The number of carbonyl (C=O) groups is 2. The summed E-state index contributed by atoms with van der Waals surface area (Å²) in [4.78, 5) is 29.2. The number of rotatable bonds is 14. The van der Waals surface area contributed by atoms with Crippen LogP contribution in [0.15, 0.2) is 72.8 Å². The van der Waals surface area contributed by atoms with E-state index in [1.165, 1.54) is 10.6 Å². The summed E-state index contributed by atoms with van der Waals surface area (Å²) < 4.78 is 26.8. The number of hydrogen-bond donors (Lipinski definition) is 1. The van der Waals surface area contributed by atoms with E-state index in [0.29, 0.717) is 17.1 Å². The molecule has 0 aliphatic rings. The van der Waals surface area contributed by atoms with Gasteiger partial charge in [0, 0.05) is 37.0 Å². The SMILES string of the molecule is CC[C@@H](C)NC(=O)[C@@H](Cc1ccccc1)N(Cc1cccc(Cl)c1)C(=O)CCCN(c1cc(C)cc(C)c1)S(C)(=O)=O. The van der Waals surface area contributed by atoms with Gasteiger partial charge < -0.3 is 10.2 Å². The van der Waals surface area contributed by atoms with Crippen molar-refractivity contribution in [3.05, 3.63) is 100 Å². The number of aryl methyl sites for hydroxylation is 2. The average Bonchev–Trinajstić information content (AvgIpc) is 2.92. The number of carbonyl (C=O) groups excluding carboxylic acids is 2. The zero-order valence-corrected chi connectivity index (χ0v) is 26.7. The molecule has 0 aliphatic carbocycles. The second-order valence-corrected chi connectivity index (χ2v) is 13.3. The molecule has 42 heavy (non-hydrogen) atoms. The number of nitrogens with one attached hydrogen (secondary N) is 1. The zero-order chi connectivity index (χ0) is 30.9. The number of anilines is 1. The van der Waals surface area contributed by atoms with Crippen LogP contribution in [-0.2, 0) is 32.6 Å². The molecule has 0 radical (unpaired) electrons. The van der Waals surface area contributed by atoms with Crippen LogP contribution < -0.4 is 9.62 Å². The third-order valence-corrected chi connectivity index (χ3v) is 8.59. The van der Waals surface area contributed by atoms with E-state index in [-0.39, 0.29) is 43.8 Å². The topological polar surface area (TPSA) is 86.8 Å². The fraction of sp³-hybridized carbons (Fsp3) is 0.394. The number of hydrogen-bond acceptors (Lipinski definition) is 4. The van der Waals surface area contributed by atoms with Gasteiger partial charge >= 0.3 is 0 Å². The van der Waals surface area contributed by atoms with Crippen LogP contribution in [0.5, 0.6) is 0 Å². The molecule has 0 aliphatic heterocycles. The minimum absolute atomic E-state index is 0.0556. The zero-order valence-electron chi connectivity index (χ0n) is 25.1. The second-order valence-electron chi connectivity index (χ2n) is 11.0. The fourth-order valence-electron chi connectivity index (χ4n) is 4.93. The van der Waals surface area contributed by atoms with Gasteiger partial charge in [-0.15, -0.1) is 0 Å². The molecule has 0 saturated carbocycles. The summed E-state index contributed by atoms with van der Waals surface area (Å²) in [6.45, 7) is 8.11. The molecule has 3 aromatic carbocycles. The van der Waals surface area contributed by atoms with Crippen LogP contribution in [0.2, 0.25) is 5.02 Å². The maximum Gasteiger partial charge on any atom is 0.243 e. The fourth-order valence-corrected chi connectivity index (χ4v) is 6.09. The molecular formula is C33H42ClN3O4S. The van der Waals surface area contributed by atoms with Crippen LogP contribution in [0, 0.1) is 13.8 Å². The summed E-state index contributed by atoms with van der Waals surface area (Å²) in [6, 6.07) is 21.7. The van der Waals surface area contributed by atoms with E-state index in [4.69, 9.17) is 11.6 Å². The van der Waals surface area contributed by atoms with E-state index in [1.54, 1.807) is 17.0 Å². The predicted molar refractivity (Wildman–Crippen MR) is 171 cm³/mol. The third kappa shape index (κ3) is 9.88. The molecule has 2 amide bonds. The van der Waals surface area contributed by atoms with E-state index >= 15 is 0 Å². The van der Waals surface area contributed by atoms with Crippen molar-refractivity contribution in [1.29, 1.82) is 0 Å². The van der Waals surface area contributed by atoms with Crippen molar-refractivity contribution in [3.63, 3.8) is 0 Å². The quantitative estimate of drug-likeness (QED) is 0.240. The average molecular weight is 612 g/mol. The normalized spacial score (nSPS) is 12.8. The maximum absolute atomic E-state index is 13.9. The lowest BCUT2D eigenvalue weighted by molar-refractivity contribution is -0.141. The lowest BCUT2D eigenvalue weighted by Gasteiger charge is -2.33. The number of halogens is 1. The predicted octanol–water partition coefficient (Wildman–Crippen LogP) is 6.06. The van der Waals surface area contributed by atoms with Crippen molar-refractivity contribution in [2.24, 2.45) is 0 Å². The van der Waals surface area contributed by atoms with Crippen LogP contribution >= 0.6 is 11.6 Å². The van der Waals surface area contributed by atoms with Gasteiger partial charge in [0.05, 0.1) is 11.9 Å². The van der Waals surface area contributed by atoms with Gasteiger partial charge in [-0.1, -0.05) is 67.1 Å². The van der Waals surface area contributed by atoms with Gasteiger partial charge in [0.2, 0.25) is 21.8 Å². The first-order valence-electron chi connectivity index (χ1n) is 14.3. The van der Waals surface area contributed by atoms with E-state index in [9.17, 15) is 18.0 Å². The number of sulfonamides is 1. The van der Waals surface area contributed by atoms with Gasteiger partial charge in [-0.3, -0.25) is 13.9 Å². The van der Waals surface area contributed by atoms with Gasteiger partial charge in [0.15, 0.2) is 0 Å². The number of amides is 2. The summed E-state index contributed by atoms with van der Waals surface area (Å²) >= 11 is 6.26. The van der Waals surface area contributed by atoms with E-state index in [1.807, 2.05) is 88.4 Å². The third-order valence-electron chi connectivity index (χ3n) is 7.16. The molecule has 0 bridgehead atoms. The van der Waals surface area contributed by atoms with Crippen molar-refractivity contribution in [2.45, 2.75) is 72.0 Å². The smallest absolute Gasteiger partial charge is 0.243 e. The lowest BCUT2D eigenvalue weighted by Crippen LogP contribution is -2.52. The van der Waals surface area contributed by atoms with Gasteiger partial charge in [-0.2, -0.15) is 0 Å². The Balaban J connectivity index is 1.90. The standard InChI is InChI=1S/C33H42ClN3O4S/c1-6-26(4)35-33(39)31(22-27-12-8-7-9-13-27)36(23-28-14-10-15-29(34)21-28)32(38)16-11-17-37(42(5,40)41)30-19-24(2)18-25(3)20-30/h7-10,12-15,18-21,26,31H,6,11,16-17,22-23H2,1-5H3,(H,35,39)/t26-,31-/m1/s1. The van der Waals surface area contributed by atoms with Crippen molar-refractivity contribution >= 4 is 39.1 Å². The Morgan fingerprint density at radius 2 is 1.57 bits per heavy atom. The number of benzene rings is 3. The minimum Gasteiger partial charge on any atom is -0.352 e. The van der Waals surface area contributed by atoms with Gasteiger partial charge in [0.1, 0.15) is 6.04 Å². The van der Waals surface area contributed by atoms with Crippen molar-refractivity contribution < 1.29 is 18.0 Å². The summed E-state index contributed by atoms with van der Waals surface area (Å²) in [6.07, 6.45) is 2.63. The molecule has 0 saturated heterocycles. The first-order valence-corrected chi connectivity index (χ1v) is 16.5. The molecule has 0 unspecified atom stereocenters. The van der Waals surface area contributed by atoms with Gasteiger partial charge in [-0.05, 0) is 80.1 Å². The number of nitrogens with zero attached hydrogens (tertiary/aromatic N) is 2. The molecular weight excluding hydrogens is 570 g/mol. The van der Waals surface area contributed by atoms with Crippen molar-refractivity contribution in [3.8, 4) is 0 Å². The monoisotopic (exact) mass is 611 g/mol. The highest BCUT2D eigenvalue weighted by atomic mass is 35.5. The van der Waals surface area contributed by atoms with Crippen LogP contribution in [-0.4, -0.2) is 50.0 Å². The van der Waals surface area contributed by atoms with Crippen molar-refractivity contribution in [1.82, 2.24) is 10.2 Å². The Morgan fingerprint density at radius 3 is 2.17 bits per heavy atom. The molecule has 1 N–H and O–H groups in total. The summed E-state index contributed by atoms with van der Waals surface area (Å²) in [7, 11) is -3.58. The Morgan fingerprint density at radius 1 is 0.929 bits per heavy atom. The van der Waals surface area contributed by atoms with Gasteiger partial charge in [-0.25, -0.2) is 8.42 Å². The minimum atomic E-state index is -3.58. The highest BCUT2D eigenvalue weighted by molar-refractivity contribution is 7.92. The molecule has 3 rings (SSSR count). The van der Waals surface area contributed by atoms with Crippen LogP contribution in [0.3, 0.4) is 0 Å². The summed E-state index contributed by atoms with van der Waals surface area (Å²) in [5.74, 6) is -0.458. The molecule has 0 fully saturated rings. The Kier molecular flexibility index (Phi) is 12.0. The largest absolute Gasteiger partial charge is 0.352 e. The van der Waals surface area contributed by atoms with E-state index in [0.717, 1.165) is 28.7 Å². The first kappa shape index (κ1) is 33.1. The highest BCUT2D eigenvalue weighted by Gasteiger charge is 2.31. The highest BCUT2D eigenvalue weighted by Crippen LogP contribution is 2.23. The molecule has 0 heterocycles. The Labute approximate surface area is 255 Å². The molecule has 7 nitrogen and oxygen atoms in total. The second kappa shape index (κ2) is 15.2. The van der Waals surface area contributed by atoms with Crippen LogP contribution in [0.1, 0.15) is 55.4 Å². The maximum atomic E-state index is 13.9. The Bertz CT molecular complexity index is 1440. The van der Waals surface area contributed by atoms with Crippen LogP contribution in [0.4, 0.5) is 5.69 Å². The molecule has 226 valence electrons. The van der Waals surface area contributed by atoms with E-state index < -0.39 is 16.1 Å². The molecule has 0 spiro atoms. The lowest BCUT2D eigenvalue weighted by atomic mass is 10.0. The van der Waals surface area contributed by atoms with E-state index in [2.05, 4.69) is 5.32 Å². The Hall–Kier alpha value is -3.36. The molecule has 0 aromatic heterocycles. The molecule has 9 heteroatoms. The molecule has 2 atom stereocenters. The van der Waals surface area contributed by atoms with Gasteiger partial charge in [0.25, 0.3) is 0 Å². The van der Waals surface area contributed by atoms with Crippen LogP contribution in [0.25, 0.3) is 0 Å². The first-order chi connectivity index (χ1) is 19.9.